The number of thiazole rings is 1. The quantitative estimate of drug-likeness (QED) is 0.402. The first-order valence-corrected chi connectivity index (χ1v) is 12.7. The molecule has 8 heteroatoms. The summed E-state index contributed by atoms with van der Waals surface area (Å²) in [4.78, 5) is 19.6. The Bertz CT molecular complexity index is 1300. The second-order valence-electron chi connectivity index (χ2n) is 8.15. The zero-order valence-electron chi connectivity index (χ0n) is 17.9. The van der Waals surface area contributed by atoms with E-state index >= 15 is 0 Å². The van der Waals surface area contributed by atoms with E-state index < -0.39 is 0 Å². The molecule has 0 saturated carbocycles. The lowest BCUT2D eigenvalue weighted by atomic mass is 10.0. The van der Waals surface area contributed by atoms with Crippen LogP contribution >= 0.6 is 22.7 Å². The molecule has 4 heterocycles. The number of amides is 1. The second kappa shape index (κ2) is 8.78. The maximum Gasteiger partial charge on any atom is 0.265 e. The van der Waals surface area contributed by atoms with Gasteiger partial charge in [-0.15, -0.1) is 22.7 Å². The van der Waals surface area contributed by atoms with Crippen LogP contribution in [0.5, 0.6) is 11.5 Å². The summed E-state index contributed by atoms with van der Waals surface area (Å²) < 4.78 is 19.3. The molecule has 1 atom stereocenters. The summed E-state index contributed by atoms with van der Waals surface area (Å²) in [6.07, 6.45) is 2.49. The molecule has 1 amide bonds. The van der Waals surface area contributed by atoms with Gasteiger partial charge < -0.3 is 19.1 Å². The zero-order chi connectivity index (χ0) is 22.2. The molecule has 6 rings (SSSR count). The minimum atomic E-state index is -0.0213. The Labute approximate surface area is 199 Å². The SMILES string of the molecule is O=C(c1cncs1)N1CCOc2c(cc(-c3csc4ccccc34)cc2O[C@H]2CCOC2)C1. The lowest BCUT2D eigenvalue weighted by molar-refractivity contribution is 0.0737. The van der Waals surface area contributed by atoms with Gasteiger partial charge in [0.2, 0.25) is 0 Å². The van der Waals surface area contributed by atoms with Crippen molar-refractivity contribution in [3.63, 3.8) is 0 Å². The molecule has 4 aromatic rings. The molecule has 2 aliphatic rings. The number of ether oxygens (including phenoxy) is 3. The highest BCUT2D eigenvalue weighted by Gasteiger charge is 2.27. The fraction of sp³-hybridized carbons (Fsp3) is 0.280. The molecule has 6 nitrogen and oxygen atoms in total. The summed E-state index contributed by atoms with van der Waals surface area (Å²) in [5.74, 6) is 1.43. The van der Waals surface area contributed by atoms with Crippen LogP contribution in [0.25, 0.3) is 21.2 Å². The van der Waals surface area contributed by atoms with Gasteiger partial charge in [-0.05, 0) is 29.1 Å². The van der Waals surface area contributed by atoms with Crippen molar-refractivity contribution in [1.82, 2.24) is 9.88 Å². The van der Waals surface area contributed by atoms with Crippen molar-refractivity contribution in [3.8, 4) is 22.6 Å². The summed E-state index contributed by atoms with van der Waals surface area (Å²) in [7, 11) is 0. The van der Waals surface area contributed by atoms with E-state index in [0.717, 1.165) is 34.6 Å². The third-order valence-electron chi connectivity index (χ3n) is 6.00. The van der Waals surface area contributed by atoms with Crippen LogP contribution in [0.3, 0.4) is 0 Å². The van der Waals surface area contributed by atoms with Crippen molar-refractivity contribution < 1.29 is 19.0 Å². The Kier molecular flexibility index (Phi) is 5.49. The van der Waals surface area contributed by atoms with Gasteiger partial charge in [-0.25, -0.2) is 0 Å². The van der Waals surface area contributed by atoms with Crippen LogP contribution in [0.2, 0.25) is 0 Å². The molecule has 0 bridgehead atoms. The van der Waals surface area contributed by atoms with Gasteiger partial charge >= 0.3 is 0 Å². The topological polar surface area (TPSA) is 60.9 Å². The minimum absolute atomic E-state index is 0.00495. The molecule has 1 saturated heterocycles. The average Bonchev–Trinajstić information content (AvgIpc) is 3.59. The third kappa shape index (κ3) is 3.99. The number of fused-ring (bicyclic) bond motifs is 2. The monoisotopic (exact) mass is 478 g/mol. The molecule has 0 radical (unpaired) electrons. The van der Waals surface area contributed by atoms with Crippen LogP contribution in [0.1, 0.15) is 21.7 Å². The Morgan fingerprint density at radius 1 is 1.18 bits per heavy atom. The van der Waals surface area contributed by atoms with E-state index in [1.165, 1.54) is 21.4 Å². The molecule has 1 fully saturated rings. The lowest BCUT2D eigenvalue weighted by Gasteiger charge is -2.20. The van der Waals surface area contributed by atoms with Crippen LogP contribution in [0.15, 0.2) is 53.5 Å². The summed E-state index contributed by atoms with van der Waals surface area (Å²) in [6.45, 7) is 2.67. The third-order valence-corrected chi connectivity index (χ3v) is 7.73. The number of aromatic nitrogens is 1. The minimum Gasteiger partial charge on any atom is -0.487 e. The number of rotatable bonds is 4. The fourth-order valence-electron chi connectivity index (χ4n) is 4.36. The number of carbonyl (C=O) groups is 1. The first-order valence-electron chi connectivity index (χ1n) is 10.9. The number of carbonyl (C=O) groups excluding carboxylic acids is 1. The maximum absolute atomic E-state index is 13.1. The van der Waals surface area contributed by atoms with Gasteiger partial charge in [0.05, 0.1) is 31.5 Å². The van der Waals surface area contributed by atoms with Crippen LogP contribution < -0.4 is 9.47 Å². The van der Waals surface area contributed by atoms with Gasteiger partial charge in [0, 0.05) is 34.2 Å². The normalized spacial score (nSPS) is 18.1. The Morgan fingerprint density at radius 2 is 2.12 bits per heavy atom. The van der Waals surface area contributed by atoms with Crippen LogP contribution in [0.4, 0.5) is 0 Å². The van der Waals surface area contributed by atoms with Gasteiger partial charge in [0.25, 0.3) is 5.91 Å². The Balaban J connectivity index is 1.43. The molecule has 2 aliphatic heterocycles. The second-order valence-corrected chi connectivity index (χ2v) is 9.95. The van der Waals surface area contributed by atoms with Crippen molar-refractivity contribution in [2.45, 2.75) is 19.1 Å². The Morgan fingerprint density at radius 3 is 2.97 bits per heavy atom. The van der Waals surface area contributed by atoms with Gasteiger partial charge in [-0.3, -0.25) is 9.78 Å². The number of hydrogen-bond acceptors (Lipinski definition) is 7. The van der Waals surface area contributed by atoms with Crippen LogP contribution in [0, 0.1) is 0 Å². The predicted molar refractivity (Wildman–Crippen MR) is 129 cm³/mol. The largest absolute Gasteiger partial charge is 0.487 e. The summed E-state index contributed by atoms with van der Waals surface area (Å²) in [5, 5.41) is 3.40. The van der Waals surface area contributed by atoms with Gasteiger partial charge in [-0.2, -0.15) is 0 Å². The predicted octanol–water partition coefficient (Wildman–Crippen LogP) is 5.23. The van der Waals surface area contributed by atoms with E-state index in [1.807, 2.05) is 4.90 Å². The van der Waals surface area contributed by atoms with E-state index in [2.05, 4.69) is 46.8 Å². The van der Waals surface area contributed by atoms with Gasteiger partial charge in [0.1, 0.15) is 17.6 Å². The molecule has 0 unspecified atom stereocenters. The number of hydrogen-bond donors (Lipinski definition) is 0. The first-order chi connectivity index (χ1) is 16.3. The van der Waals surface area contributed by atoms with Gasteiger partial charge in [0.15, 0.2) is 11.5 Å². The number of benzene rings is 2. The van der Waals surface area contributed by atoms with E-state index in [4.69, 9.17) is 14.2 Å². The van der Waals surface area contributed by atoms with Crippen molar-refractivity contribution in [1.29, 1.82) is 0 Å². The summed E-state index contributed by atoms with van der Waals surface area (Å²) in [5.41, 5.74) is 4.86. The standard InChI is InChI=1S/C25H22N2O4S2/c28-25(23-11-26-15-33-23)27-6-8-30-24-17(12-27)9-16(10-21(24)31-18-5-7-29-13-18)20-14-32-22-4-2-1-3-19(20)22/h1-4,9-11,14-15,18H,5-8,12-13H2/t18-/m0/s1. The molecule has 0 aliphatic carbocycles. The van der Waals surface area contributed by atoms with Gasteiger partial charge in [-0.1, -0.05) is 18.2 Å². The van der Waals surface area contributed by atoms with Crippen molar-refractivity contribution in [2.24, 2.45) is 0 Å². The van der Waals surface area contributed by atoms with E-state index in [0.29, 0.717) is 37.8 Å². The molecular formula is C25H22N2O4S2. The smallest absolute Gasteiger partial charge is 0.265 e. The molecular weight excluding hydrogens is 456 g/mol. The number of thiophene rings is 1. The van der Waals surface area contributed by atoms with Crippen LogP contribution in [-0.4, -0.2) is 48.3 Å². The van der Waals surface area contributed by atoms with Crippen molar-refractivity contribution in [2.75, 3.05) is 26.4 Å². The number of nitrogens with zero attached hydrogens (tertiary/aromatic N) is 2. The zero-order valence-corrected chi connectivity index (χ0v) is 19.5. The van der Waals surface area contributed by atoms with Crippen molar-refractivity contribution in [3.05, 3.63) is 63.9 Å². The highest BCUT2D eigenvalue weighted by molar-refractivity contribution is 7.17. The van der Waals surface area contributed by atoms with E-state index in [-0.39, 0.29) is 12.0 Å². The van der Waals surface area contributed by atoms with E-state index in [9.17, 15) is 4.79 Å². The first kappa shape index (κ1) is 20.7. The van der Waals surface area contributed by atoms with Crippen LogP contribution in [-0.2, 0) is 11.3 Å². The molecule has 168 valence electrons. The highest BCUT2D eigenvalue weighted by Crippen LogP contribution is 2.42. The molecule has 33 heavy (non-hydrogen) atoms. The van der Waals surface area contributed by atoms with E-state index in [1.54, 1.807) is 23.0 Å². The molecule has 0 spiro atoms. The van der Waals surface area contributed by atoms with Crippen molar-refractivity contribution >= 4 is 38.7 Å². The lowest BCUT2D eigenvalue weighted by Crippen LogP contribution is -2.31. The Hall–Kier alpha value is -2.94. The molecule has 0 N–H and O–H groups in total. The fourth-order valence-corrected chi connectivity index (χ4v) is 5.92. The summed E-state index contributed by atoms with van der Waals surface area (Å²) in [6, 6.07) is 12.6. The highest BCUT2D eigenvalue weighted by atomic mass is 32.1. The maximum atomic E-state index is 13.1. The average molecular weight is 479 g/mol. The summed E-state index contributed by atoms with van der Waals surface area (Å²) >= 11 is 3.09. The molecule has 2 aromatic heterocycles. The molecule has 2 aromatic carbocycles.